The number of amides is 2. The van der Waals surface area contributed by atoms with Gasteiger partial charge in [0.15, 0.2) is 5.60 Å². The second-order valence-electron chi connectivity index (χ2n) is 7.79. The lowest BCUT2D eigenvalue weighted by atomic mass is 9.89. The summed E-state index contributed by atoms with van der Waals surface area (Å²) in [7, 11) is 0. The SMILES string of the molecule is CC(=O)N(Cc1ccsc1)C1CC12CCN(C(=O)C1(O)CNC1)CC2. The van der Waals surface area contributed by atoms with Crippen molar-refractivity contribution in [3.8, 4) is 0 Å². The van der Waals surface area contributed by atoms with Gasteiger partial charge in [0.05, 0.1) is 0 Å². The maximum absolute atomic E-state index is 12.4. The molecule has 4 rings (SSSR count). The van der Waals surface area contributed by atoms with Crippen LogP contribution in [0.3, 0.4) is 0 Å². The van der Waals surface area contributed by atoms with Gasteiger partial charge in [-0.1, -0.05) is 0 Å². The molecule has 1 aliphatic carbocycles. The summed E-state index contributed by atoms with van der Waals surface area (Å²) in [6.07, 6.45) is 2.87. The van der Waals surface area contributed by atoms with Crippen LogP contribution < -0.4 is 5.32 Å². The number of β-amino-alcohol motifs (C(OH)–C–C–N with tert-alkyl or cyclic N) is 1. The Morgan fingerprint density at radius 3 is 2.64 bits per heavy atom. The summed E-state index contributed by atoms with van der Waals surface area (Å²) < 4.78 is 0. The molecule has 25 heavy (non-hydrogen) atoms. The molecule has 0 aromatic carbocycles. The van der Waals surface area contributed by atoms with Gasteiger partial charge >= 0.3 is 0 Å². The van der Waals surface area contributed by atoms with E-state index in [4.69, 9.17) is 0 Å². The zero-order valence-electron chi connectivity index (χ0n) is 14.5. The number of rotatable bonds is 4. The fourth-order valence-electron chi connectivity index (χ4n) is 4.29. The smallest absolute Gasteiger partial charge is 0.257 e. The minimum atomic E-state index is -1.20. The van der Waals surface area contributed by atoms with Gasteiger partial charge in [0, 0.05) is 45.7 Å². The molecule has 6 nitrogen and oxygen atoms in total. The molecule has 2 amide bonds. The predicted octanol–water partition coefficient (Wildman–Crippen LogP) is 0.812. The molecule has 1 atom stereocenters. The van der Waals surface area contributed by atoms with Crippen LogP contribution in [0.1, 0.15) is 31.7 Å². The number of nitrogens with one attached hydrogen (secondary N) is 1. The van der Waals surface area contributed by atoms with Crippen molar-refractivity contribution in [1.29, 1.82) is 0 Å². The molecule has 3 aliphatic rings. The Morgan fingerprint density at radius 2 is 2.12 bits per heavy atom. The summed E-state index contributed by atoms with van der Waals surface area (Å²) in [6.45, 7) is 4.41. The second kappa shape index (κ2) is 6.07. The van der Waals surface area contributed by atoms with E-state index >= 15 is 0 Å². The van der Waals surface area contributed by atoms with Gasteiger partial charge in [-0.15, -0.1) is 0 Å². The molecule has 2 N–H and O–H groups in total. The molecule has 1 aromatic rings. The zero-order chi connectivity index (χ0) is 17.7. The number of hydrogen-bond acceptors (Lipinski definition) is 5. The van der Waals surface area contributed by atoms with Gasteiger partial charge in [-0.05, 0) is 47.1 Å². The van der Waals surface area contributed by atoms with Gasteiger partial charge in [0.2, 0.25) is 5.91 Å². The van der Waals surface area contributed by atoms with Crippen molar-refractivity contribution in [3.05, 3.63) is 22.4 Å². The number of piperidine rings is 1. The maximum atomic E-state index is 12.4. The number of carbonyl (C=O) groups is 2. The summed E-state index contributed by atoms with van der Waals surface area (Å²) >= 11 is 1.65. The lowest BCUT2D eigenvalue weighted by Gasteiger charge is -2.42. The van der Waals surface area contributed by atoms with E-state index in [9.17, 15) is 14.7 Å². The Morgan fingerprint density at radius 1 is 1.40 bits per heavy atom. The number of hydrogen-bond donors (Lipinski definition) is 2. The minimum absolute atomic E-state index is 0.126. The van der Waals surface area contributed by atoms with E-state index in [1.54, 1.807) is 23.2 Å². The second-order valence-corrected chi connectivity index (χ2v) is 8.57. The van der Waals surface area contributed by atoms with Crippen LogP contribution in [0.25, 0.3) is 0 Å². The van der Waals surface area contributed by atoms with E-state index < -0.39 is 5.60 Å². The lowest BCUT2D eigenvalue weighted by Crippen LogP contribution is -2.68. The molecule has 3 heterocycles. The summed E-state index contributed by atoms with van der Waals surface area (Å²) in [4.78, 5) is 28.4. The molecule has 7 heteroatoms. The third-order valence-electron chi connectivity index (χ3n) is 6.14. The van der Waals surface area contributed by atoms with E-state index in [1.807, 2.05) is 10.3 Å². The normalized spacial score (nSPS) is 26.2. The molecular weight excluding hydrogens is 338 g/mol. The number of likely N-dealkylation sites (tertiary alicyclic amines) is 1. The quantitative estimate of drug-likeness (QED) is 0.830. The summed E-state index contributed by atoms with van der Waals surface area (Å²) in [5, 5.41) is 17.3. The third-order valence-corrected chi connectivity index (χ3v) is 6.87. The van der Waals surface area contributed by atoms with Gasteiger partial charge in [0.1, 0.15) is 0 Å². The highest BCUT2D eigenvalue weighted by Gasteiger charge is 2.59. The van der Waals surface area contributed by atoms with Gasteiger partial charge < -0.3 is 20.2 Å². The monoisotopic (exact) mass is 363 g/mol. The lowest BCUT2D eigenvalue weighted by molar-refractivity contribution is -0.158. The average molecular weight is 363 g/mol. The Hall–Kier alpha value is -1.44. The van der Waals surface area contributed by atoms with Crippen LogP contribution in [0, 0.1) is 5.41 Å². The third kappa shape index (κ3) is 2.98. The van der Waals surface area contributed by atoms with Crippen LogP contribution in [0.15, 0.2) is 16.8 Å². The van der Waals surface area contributed by atoms with Crippen molar-refractivity contribution >= 4 is 23.2 Å². The van der Waals surface area contributed by atoms with E-state index in [2.05, 4.69) is 16.8 Å². The van der Waals surface area contributed by atoms with Crippen molar-refractivity contribution in [1.82, 2.24) is 15.1 Å². The number of carbonyl (C=O) groups excluding carboxylic acids is 2. The molecule has 1 saturated carbocycles. The number of aliphatic hydroxyl groups is 1. The number of nitrogens with zero attached hydrogens (tertiary/aromatic N) is 2. The molecule has 136 valence electrons. The van der Waals surface area contributed by atoms with Crippen molar-refractivity contribution in [2.24, 2.45) is 5.41 Å². The van der Waals surface area contributed by atoms with Gasteiger partial charge in [0.25, 0.3) is 5.91 Å². The first-order valence-corrected chi connectivity index (χ1v) is 9.89. The van der Waals surface area contributed by atoms with Crippen molar-refractivity contribution < 1.29 is 14.7 Å². The zero-order valence-corrected chi connectivity index (χ0v) is 15.3. The predicted molar refractivity (Wildman–Crippen MR) is 95.0 cm³/mol. The van der Waals surface area contributed by atoms with E-state index in [0.29, 0.717) is 32.7 Å². The van der Waals surface area contributed by atoms with Crippen LogP contribution in [0.5, 0.6) is 0 Å². The summed E-state index contributed by atoms with van der Waals surface area (Å²) in [5.41, 5.74) is 0.158. The van der Waals surface area contributed by atoms with Crippen LogP contribution in [-0.2, 0) is 16.1 Å². The highest BCUT2D eigenvalue weighted by molar-refractivity contribution is 7.07. The molecule has 3 fully saturated rings. The Labute approximate surface area is 151 Å². The minimum Gasteiger partial charge on any atom is -0.377 e. The van der Waals surface area contributed by atoms with Gasteiger partial charge in [-0.2, -0.15) is 11.3 Å². The molecular formula is C18H25N3O3S. The van der Waals surface area contributed by atoms with E-state index in [0.717, 1.165) is 19.3 Å². The highest BCUT2D eigenvalue weighted by atomic mass is 32.1. The fourth-order valence-corrected chi connectivity index (χ4v) is 4.95. The van der Waals surface area contributed by atoms with Crippen LogP contribution in [0.4, 0.5) is 0 Å². The van der Waals surface area contributed by atoms with Crippen LogP contribution in [-0.4, -0.2) is 64.5 Å². The fraction of sp³-hybridized carbons (Fsp3) is 0.667. The van der Waals surface area contributed by atoms with Crippen molar-refractivity contribution in [3.63, 3.8) is 0 Å². The Bertz CT molecular complexity index is 663. The largest absolute Gasteiger partial charge is 0.377 e. The molecule has 1 aromatic heterocycles. The average Bonchev–Trinajstić information content (AvgIpc) is 3.01. The van der Waals surface area contributed by atoms with E-state index in [1.165, 1.54) is 5.56 Å². The van der Waals surface area contributed by atoms with Crippen LogP contribution >= 0.6 is 11.3 Å². The van der Waals surface area contributed by atoms with Crippen molar-refractivity contribution in [2.45, 2.75) is 44.4 Å². The van der Waals surface area contributed by atoms with Gasteiger partial charge in [-0.25, -0.2) is 0 Å². The Kier molecular flexibility index (Phi) is 4.13. The topological polar surface area (TPSA) is 72.9 Å². The molecule has 2 aliphatic heterocycles. The molecule has 2 saturated heterocycles. The first-order valence-electron chi connectivity index (χ1n) is 8.94. The molecule has 0 bridgehead atoms. The van der Waals surface area contributed by atoms with E-state index in [-0.39, 0.29) is 23.3 Å². The first-order chi connectivity index (χ1) is 11.9. The number of thiophene rings is 1. The van der Waals surface area contributed by atoms with Crippen LogP contribution in [0.2, 0.25) is 0 Å². The maximum Gasteiger partial charge on any atom is 0.257 e. The Balaban J connectivity index is 1.37. The van der Waals surface area contributed by atoms with Crippen molar-refractivity contribution in [2.75, 3.05) is 26.2 Å². The molecule has 0 radical (unpaired) electrons. The first kappa shape index (κ1) is 17.0. The van der Waals surface area contributed by atoms with Gasteiger partial charge in [-0.3, -0.25) is 9.59 Å². The molecule has 1 spiro atoms. The summed E-state index contributed by atoms with van der Waals surface area (Å²) in [6, 6.07) is 2.36. The summed E-state index contributed by atoms with van der Waals surface area (Å²) in [5.74, 6) is -0.0126. The highest BCUT2D eigenvalue weighted by Crippen LogP contribution is 2.57. The standard InChI is InChI=1S/C18H25N3O3S/c1-13(22)21(9-14-2-7-25-10-14)15-8-17(15)3-5-20(6-4-17)16(23)18(24)11-19-12-18/h2,7,10,15,19,24H,3-6,8-9,11-12H2,1H3. The molecule has 1 unspecified atom stereocenters.